The molecule has 2 unspecified atom stereocenters. The highest BCUT2D eigenvalue weighted by atomic mass is 16.5. The van der Waals surface area contributed by atoms with Gasteiger partial charge in [-0.3, -0.25) is 4.79 Å². The Balaban J connectivity index is 1.98. The van der Waals surface area contributed by atoms with Gasteiger partial charge in [0, 0.05) is 6.04 Å². The van der Waals surface area contributed by atoms with Crippen molar-refractivity contribution < 1.29 is 14.6 Å². The van der Waals surface area contributed by atoms with Crippen LogP contribution in [0.4, 0.5) is 0 Å². The standard InChI is InChI=1S/C17H25NO3/c1-11(2)12(3)18-17(20)10-21-16-9-5-6-13-14(16)7-4-8-15(13)19/h5-6,9,11-12,15,19H,4,7-8,10H2,1-3H3,(H,18,20). The lowest BCUT2D eigenvalue weighted by molar-refractivity contribution is -0.124. The fourth-order valence-corrected chi connectivity index (χ4v) is 2.53. The molecule has 0 saturated carbocycles. The number of hydrogen-bond donors (Lipinski definition) is 2. The van der Waals surface area contributed by atoms with Crippen molar-refractivity contribution in [2.75, 3.05) is 6.61 Å². The maximum Gasteiger partial charge on any atom is 0.258 e. The van der Waals surface area contributed by atoms with Crippen molar-refractivity contribution in [3.8, 4) is 5.75 Å². The Morgan fingerprint density at radius 3 is 2.90 bits per heavy atom. The quantitative estimate of drug-likeness (QED) is 0.876. The van der Waals surface area contributed by atoms with Crippen LogP contribution in [0, 0.1) is 5.92 Å². The molecule has 0 bridgehead atoms. The number of aliphatic hydroxyl groups excluding tert-OH is 1. The number of nitrogens with one attached hydrogen (secondary N) is 1. The summed E-state index contributed by atoms with van der Waals surface area (Å²) in [6, 6.07) is 5.81. The smallest absolute Gasteiger partial charge is 0.258 e. The number of benzene rings is 1. The van der Waals surface area contributed by atoms with Gasteiger partial charge < -0.3 is 15.2 Å². The Hall–Kier alpha value is -1.55. The zero-order valence-electron chi connectivity index (χ0n) is 13.1. The molecule has 0 saturated heterocycles. The summed E-state index contributed by atoms with van der Waals surface area (Å²) < 4.78 is 5.67. The molecule has 2 rings (SSSR count). The number of amides is 1. The van der Waals surface area contributed by atoms with Gasteiger partial charge in [0.25, 0.3) is 5.91 Å². The molecule has 4 nitrogen and oxygen atoms in total. The van der Waals surface area contributed by atoms with Crippen LogP contribution in [0.15, 0.2) is 18.2 Å². The minimum Gasteiger partial charge on any atom is -0.483 e. The number of ether oxygens (including phenoxy) is 1. The fraction of sp³-hybridized carbons (Fsp3) is 0.588. The van der Waals surface area contributed by atoms with Crippen LogP contribution in [0.5, 0.6) is 5.75 Å². The molecule has 1 aliphatic carbocycles. The van der Waals surface area contributed by atoms with Crippen molar-refractivity contribution in [2.45, 2.75) is 52.2 Å². The fourth-order valence-electron chi connectivity index (χ4n) is 2.53. The molecule has 0 spiro atoms. The van der Waals surface area contributed by atoms with Crippen LogP contribution in [0.25, 0.3) is 0 Å². The summed E-state index contributed by atoms with van der Waals surface area (Å²) in [7, 11) is 0. The zero-order valence-corrected chi connectivity index (χ0v) is 13.1. The Morgan fingerprint density at radius 1 is 1.43 bits per heavy atom. The van der Waals surface area contributed by atoms with E-state index in [0.29, 0.717) is 5.92 Å². The number of hydrogen-bond acceptors (Lipinski definition) is 3. The first kappa shape index (κ1) is 15.8. The van der Waals surface area contributed by atoms with Gasteiger partial charge in [0.2, 0.25) is 0 Å². The van der Waals surface area contributed by atoms with E-state index in [2.05, 4.69) is 19.2 Å². The molecule has 0 heterocycles. The highest BCUT2D eigenvalue weighted by Crippen LogP contribution is 2.35. The van der Waals surface area contributed by atoms with Gasteiger partial charge >= 0.3 is 0 Å². The molecule has 0 fully saturated rings. The topological polar surface area (TPSA) is 58.6 Å². The Kier molecular flexibility index (Phi) is 5.23. The van der Waals surface area contributed by atoms with E-state index in [4.69, 9.17) is 4.74 Å². The lowest BCUT2D eigenvalue weighted by Gasteiger charge is -2.24. The molecule has 1 aromatic rings. The molecular weight excluding hydrogens is 266 g/mol. The van der Waals surface area contributed by atoms with Gasteiger partial charge in [-0.15, -0.1) is 0 Å². The first-order valence-electron chi connectivity index (χ1n) is 7.71. The predicted octanol–water partition coefficient (Wildman–Crippen LogP) is 2.60. The van der Waals surface area contributed by atoms with E-state index in [0.717, 1.165) is 36.1 Å². The number of aliphatic hydroxyl groups is 1. The van der Waals surface area contributed by atoms with E-state index in [1.54, 1.807) is 0 Å². The molecule has 0 radical (unpaired) electrons. The highest BCUT2D eigenvalue weighted by Gasteiger charge is 2.21. The van der Waals surface area contributed by atoms with Crippen LogP contribution in [0.1, 0.15) is 50.8 Å². The van der Waals surface area contributed by atoms with Gasteiger partial charge in [-0.2, -0.15) is 0 Å². The van der Waals surface area contributed by atoms with Crippen LogP contribution in [-0.4, -0.2) is 23.7 Å². The summed E-state index contributed by atoms with van der Waals surface area (Å²) >= 11 is 0. The lowest BCUT2D eigenvalue weighted by Crippen LogP contribution is -2.39. The third-order valence-electron chi connectivity index (χ3n) is 4.18. The van der Waals surface area contributed by atoms with Crippen molar-refractivity contribution in [2.24, 2.45) is 5.92 Å². The minimum atomic E-state index is -0.410. The van der Waals surface area contributed by atoms with Crippen molar-refractivity contribution in [1.29, 1.82) is 0 Å². The van der Waals surface area contributed by atoms with Crippen LogP contribution in [0.2, 0.25) is 0 Å². The van der Waals surface area contributed by atoms with E-state index in [-0.39, 0.29) is 18.6 Å². The Bertz CT molecular complexity index is 499. The van der Waals surface area contributed by atoms with E-state index in [1.807, 2.05) is 25.1 Å². The lowest BCUT2D eigenvalue weighted by atomic mass is 9.89. The average molecular weight is 291 g/mol. The molecule has 1 amide bonds. The second kappa shape index (κ2) is 6.94. The second-order valence-corrected chi connectivity index (χ2v) is 6.12. The van der Waals surface area contributed by atoms with Gasteiger partial charge in [-0.25, -0.2) is 0 Å². The van der Waals surface area contributed by atoms with E-state index < -0.39 is 6.10 Å². The van der Waals surface area contributed by atoms with Crippen molar-refractivity contribution in [1.82, 2.24) is 5.32 Å². The minimum absolute atomic E-state index is 0.0175. The first-order chi connectivity index (χ1) is 9.99. The monoisotopic (exact) mass is 291 g/mol. The Labute approximate surface area is 126 Å². The van der Waals surface area contributed by atoms with E-state index in [9.17, 15) is 9.90 Å². The molecule has 0 aromatic heterocycles. The van der Waals surface area contributed by atoms with Gasteiger partial charge in [0.05, 0.1) is 6.10 Å². The maximum atomic E-state index is 11.9. The second-order valence-electron chi connectivity index (χ2n) is 6.12. The largest absolute Gasteiger partial charge is 0.483 e. The molecular formula is C17H25NO3. The molecule has 116 valence electrons. The van der Waals surface area contributed by atoms with E-state index >= 15 is 0 Å². The van der Waals surface area contributed by atoms with Gasteiger partial charge in [-0.1, -0.05) is 26.0 Å². The van der Waals surface area contributed by atoms with Crippen LogP contribution >= 0.6 is 0 Å². The van der Waals surface area contributed by atoms with Crippen LogP contribution < -0.4 is 10.1 Å². The summed E-state index contributed by atoms with van der Waals surface area (Å²) in [6.45, 7) is 6.15. The Morgan fingerprint density at radius 2 is 2.19 bits per heavy atom. The molecule has 4 heteroatoms. The summed E-state index contributed by atoms with van der Waals surface area (Å²) in [4.78, 5) is 11.9. The predicted molar refractivity (Wildman–Crippen MR) is 82.3 cm³/mol. The number of carbonyl (C=O) groups excluding carboxylic acids is 1. The van der Waals surface area contributed by atoms with E-state index in [1.165, 1.54) is 0 Å². The highest BCUT2D eigenvalue weighted by molar-refractivity contribution is 5.77. The number of carbonyl (C=O) groups is 1. The average Bonchev–Trinajstić information content (AvgIpc) is 2.45. The van der Waals surface area contributed by atoms with Crippen LogP contribution in [-0.2, 0) is 11.2 Å². The van der Waals surface area contributed by atoms with Crippen molar-refractivity contribution in [3.05, 3.63) is 29.3 Å². The zero-order chi connectivity index (χ0) is 15.4. The number of fused-ring (bicyclic) bond motifs is 1. The van der Waals surface area contributed by atoms with Gasteiger partial charge in [0.15, 0.2) is 6.61 Å². The molecule has 1 aromatic carbocycles. The molecule has 1 aliphatic rings. The third-order valence-corrected chi connectivity index (χ3v) is 4.18. The normalized spacial score (nSPS) is 19.0. The maximum absolute atomic E-state index is 11.9. The molecule has 2 atom stereocenters. The first-order valence-corrected chi connectivity index (χ1v) is 7.71. The molecule has 21 heavy (non-hydrogen) atoms. The van der Waals surface area contributed by atoms with Crippen LogP contribution in [0.3, 0.4) is 0 Å². The van der Waals surface area contributed by atoms with Gasteiger partial charge in [-0.05, 0) is 49.3 Å². The van der Waals surface area contributed by atoms with Crippen molar-refractivity contribution in [3.63, 3.8) is 0 Å². The summed E-state index contributed by atoms with van der Waals surface area (Å²) in [5, 5.41) is 12.9. The van der Waals surface area contributed by atoms with Crippen molar-refractivity contribution >= 4 is 5.91 Å². The third kappa shape index (κ3) is 3.97. The molecule has 2 N–H and O–H groups in total. The summed E-state index contributed by atoms with van der Waals surface area (Å²) in [5.41, 5.74) is 1.98. The summed E-state index contributed by atoms with van der Waals surface area (Å²) in [6.07, 6.45) is 2.23. The summed E-state index contributed by atoms with van der Waals surface area (Å²) in [5.74, 6) is 1.01. The SMILES string of the molecule is CC(C)C(C)NC(=O)COc1cccc2c1CCCC2O. The molecule has 0 aliphatic heterocycles. The van der Waals surface area contributed by atoms with Gasteiger partial charge in [0.1, 0.15) is 5.75 Å². The number of rotatable bonds is 5.